The third-order valence-corrected chi connectivity index (χ3v) is 3.67. The molecular formula is C18H21N3O6. The van der Waals surface area contributed by atoms with Crippen LogP contribution in [0.1, 0.15) is 24.2 Å². The Labute approximate surface area is 156 Å². The predicted octanol–water partition coefficient (Wildman–Crippen LogP) is 0.478. The maximum absolute atomic E-state index is 12.1. The normalized spacial score (nSPS) is 16.1. The van der Waals surface area contributed by atoms with Gasteiger partial charge in [-0.15, -0.1) is 0 Å². The summed E-state index contributed by atoms with van der Waals surface area (Å²) in [6, 6.07) is 7.30. The number of ether oxygens (including phenoxy) is 2. The minimum Gasteiger partial charge on any atom is -0.463 e. The molecule has 2 rings (SSSR count). The van der Waals surface area contributed by atoms with Crippen LogP contribution in [0.25, 0.3) is 0 Å². The summed E-state index contributed by atoms with van der Waals surface area (Å²) in [5, 5.41) is 7.42. The van der Waals surface area contributed by atoms with Crippen LogP contribution in [0.2, 0.25) is 0 Å². The van der Waals surface area contributed by atoms with E-state index < -0.39 is 29.9 Å². The Bertz CT molecular complexity index is 760. The molecule has 0 aromatic heterocycles. The van der Waals surface area contributed by atoms with Crippen LogP contribution in [0.4, 0.5) is 4.79 Å². The van der Waals surface area contributed by atoms with Gasteiger partial charge >= 0.3 is 18.0 Å². The quantitative estimate of drug-likeness (QED) is 0.596. The number of nitrogens with one attached hydrogen (secondary N) is 3. The van der Waals surface area contributed by atoms with Crippen LogP contribution in [0.3, 0.4) is 0 Å². The van der Waals surface area contributed by atoms with Gasteiger partial charge in [-0.3, -0.25) is 9.59 Å². The molecule has 27 heavy (non-hydrogen) atoms. The number of rotatable bonds is 7. The topological polar surface area (TPSA) is 123 Å². The second-order valence-corrected chi connectivity index (χ2v) is 5.64. The van der Waals surface area contributed by atoms with Gasteiger partial charge in [0.25, 0.3) is 5.91 Å². The van der Waals surface area contributed by atoms with Crippen LogP contribution in [-0.2, 0) is 19.1 Å². The van der Waals surface area contributed by atoms with Crippen molar-refractivity contribution in [3.8, 4) is 0 Å². The van der Waals surface area contributed by atoms with E-state index in [1.165, 1.54) is 0 Å². The lowest BCUT2D eigenvalue weighted by atomic mass is 10.0. The summed E-state index contributed by atoms with van der Waals surface area (Å²) in [6.07, 6.45) is 0. The molecule has 0 fully saturated rings. The van der Waals surface area contributed by atoms with E-state index in [9.17, 15) is 19.2 Å². The number of hydrogen-bond acceptors (Lipinski definition) is 6. The molecule has 1 heterocycles. The third-order valence-electron chi connectivity index (χ3n) is 3.67. The summed E-state index contributed by atoms with van der Waals surface area (Å²) in [5.41, 5.74) is 0.738. The molecule has 1 aromatic rings. The van der Waals surface area contributed by atoms with Crippen molar-refractivity contribution in [2.75, 3.05) is 19.8 Å². The lowest BCUT2D eigenvalue weighted by molar-refractivity contribution is -0.142. The smallest absolute Gasteiger partial charge is 0.338 e. The highest BCUT2D eigenvalue weighted by atomic mass is 16.5. The highest BCUT2D eigenvalue weighted by molar-refractivity contribution is 5.96. The van der Waals surface area contributed by atoms with Crippen LogP contribution in [-0.4, -0.2) is 49.7 Å². The van der Waals surface area contributed by atoms with Crippen molar-refractivity contribution in [3.63, 3.8) is 0 Å². The SMILES string of the molecule is CCOC(=O)C1=C(COC(=O)CNC(=O)c2ccccc2)NC(=O)N[C@H]1C. The maximum Gasteiger partial charge on any atom is 0.338 e. The minimum absolute atomic E-state index is 0.146. The molecule has 1 aromatic carbocycles. The van der Waals surface area contributed by atoms with E-state index in [1.807, 2.05) is 0 Å². The van der Waals surface area contributed by atoms with E-state index in [0.717, 1.165) is 0 Å². The van der Waals surface area contributed by atoms with Crippen molar-refractivity contribution in [3.05, 3.63) is 47.2 Å². The first-order valence-electron chi connectivity index (χ1n) is 8.39. The summed E-state index contributed by atoms with van der Waals surface area (Å²) in [5.74, 6) is -1.74. The van der Waals surface area contributed by atoms with Gasteiger partial charge in [-0.2, -0.15) is 0 Å². The summed E-state index contributed by atoms with van der Waals surface area (Å²) in [7, 11) is 0. The van der Waals surface area contributed by atoms with Crippen LogP contribution in [0.15, 0.2) is 41.6 Å². The van der Waals surface area contributed by atoms with Crippen LogP contribution < -0.4 is 16.0 Å². The zero-order valence-corrected chi connectivity index (χ0v) is 15.0. The number of carbonyl (C=O) groups is 4. The molecule has 9 nitrogen and oxygen atoms in total. The van der Waals surface area contributed by atoms with E-state index in [1.54, 1.807) is 44.2 Å². The molecule has 1 aliphatic heterocycles. The number of esters is 2. The van der Waals surface area contributed by atoms with Crippen molar-refractivity contribution in [1.82, 2.24) is 16.0 Å². The maximum atomic E-state index is 12.1. The highest BCUT2D eigenvalue weighted by Gasteiger charge is 2.30. The van der Waals surface area contributed by atoms with Gasteiger partial charge in [0.15, 0.2) is 0 Å². The number of urea groups is 1. The molecule has 9 heteroatoms. The lowest BCUT2D eigenvalue weighted by Gasteiger charge is -2.26. The monoisotopic (exact) mass is 375 g/mol. The van der Waals surface area contributed by atoms with E-state index in [4.69, 9.17) is 9.47 Å². The Kier molecular flexibility index (Phi) is 6.93. The molecule has 1 aliphatic rings. The lowest BCUT2D eigenvalue weighted by Crippen LogP contribution is -2.50. The van der Waals surface area contributed by atoms with Gasteiger partial charge in [0, 0.05) is 5.56 Å². The average Bonchev–Trinajstić information content (AvgIpc) is 2.64. The number of carbonyl (C=O) groups excluding carboxylic acids is 4. The molecule has 1 atom stereocenters. The van der Waals surface area contributed by atoms with Crippen LogP contribution in [0.5, 0.6) is 0 Å². The number of hydrogen-bond donors (Lipinski definition) is 3. The first-order chi connectivity index (χ1) is 12.9. The summed E-state index contributed by atoms with van der Waals surface area (Å²) in [4.78, 5) is 47.5. The average molecular weight is 375 g/mol. The molecule has 3 amide bonds. The number of amides is 3. The third kappa shape index (κ3) is 5.56. The van der Waals surface area contributed by atoms with Crippen LogP contribution in [0, 0.1) is 0 Å². The standard InChI is InChI=1S/C18H21N3O6/c1-3-26-17(24)15-11(2)20-18(25)21-13(15)10-27-14(22)9-19-16(23)12-7-5-4-6-8-12/h4-8,11H,3,9-10H2,1-2H3,(H,19,23)(H2,20,21,25)/t11-/m0/s1. The Hall–Kier alpha value is -3.36. The van der Waals surface area contributed by atoms with Crippen molar-refractivity contribution in [1.29, 1.82) is 0 Å². The molecule has 0 spiro atoms. The Balaban J connectivity index is 1.94. The van der Waals surface area contributed by atoms with Gasteiger partial charge < -0.3 is 25.4 Å². The molecule has 0 unspecified atom stereocenters. The van der Waals surface area contributed by atoms with Gasteiger partial charge in [-0.25, -0.2) is 9.59 Å². The zero-order chi connectivity index (χ0) is 19.8. The fourth-order valence-electron chi connectivity index (χ4n) is 2.44. The molecule has 144 valence electrons. The molecule has 0 saturated carbocycles. The van der Waals surface area contributed by atoms with Crippen molar-refractivity contribution in [2.45, 2.75) is 19.9 Å². The van der Waals surface area contributed by atoms with E-state index in [2.05, 4.69) is 16.0 Å². The van der Waals surface area contributed by atoms with E-state index in [0.29, 0.717) is 5.56 Å². The van der Waals surface area contributed by atoms with Gasteiger partial charge in [0.2, 0.25) is 0 Å². The van der Waals surface area contributed by atoms with Crippen molar-refractivity contribution >= 4 is 23.9 Å². The molecule has 0 bridgehead atoms. The molecule has 0 aliphatic carbocycles. The first kappa shape index (κ1) is 20.0. The second-order valence-electron chi connectivity index (χ2n) is 5.64. The first-order valence-corrected chi connectivity index (χ1v) is 8.39. The van der Waals surface area contributed by atoms with Gasteiger partial charge in [0.1, 0.15) is 13.2 Å². The molecule has 0 saturated heterocycles. The Morgan fingerprint density at radius 3 is 2.52 bits per heavy atom. The summed E-state index contributed by atoms with van der Waals surface area (Å²) < 4.78 is 10.0. The zero-order valence-electron chi connectivity index (χ0n) is 15.0. The second kappa shape index (κ2) is 9.37. The predicted molar refractivity (Wildman–Crippen MR) is 94.5 cm³/mol. The van der Waals surface area contributed by atoms with Gasteiger partial charge in [-0.1, -0.05) is 18.2 Å². The van der Waals surface area contributed by atoms with E-state index in [-0.39, 0.29) is 31.0 Å². The molecular weight excluding hydrogens is 354 g/mol. The molecule has 3 N–H and O–H groups in total. The van der Waals surface area contributed by atoms with Crippen molar-refractivity contribution in [2.24, 2.45) is 0 Å². The van der Waals surface area contributed by atoms with Crippen LogP contribution >= 0.6 is 0 Å². The number of benzene rings is 1. The molecule has 0 radical (unpaired) electrons. The fourth-order valence-corrected chi connectivity index (χ4v) is 2.44. The summed E-state index contributed by atoms with van der Waals surface area (Å²) in [6.45, 7) is 2.77. The largest absolute Gasteiger partial charge is 0.463 e. The Morgan fingerprint density at radius 2 is 1.85 bits per heavy atom. The Morgan fingerprint density at radius 1 is 1.15 bits per heavy atom. The summed E-state index contributed by atoms with van der Waals surface area (Å²) >= 11 is 0. The minimum atomic E-state index is -0.713. The highest BCUT2D eigenvalue weighted by Crippen LogP contribution is 2.14. The van der Waals surface area contributed by atoms with Gasteiger partial charge in [0.05, 0.1) is 23.9 Å². The van der Waals surface area contributed by atoms with Gasteiger partial charge in [-0.05, 0) is 26.0 Å². The van der Waals surface area contributed by atoms with E-state index >= 15 is 0 Å². The fraction of sp³-hybridized carbons (Fsp3) is 0.333. The van der Waals surface area contributed by atoms with Crippen molar-refractivity contribution < 1.29 is 28.7 Å².